The van der Waals surface area contributed by atoms with Gasteiger partial charge < -0.3 is 15.4 Å². The summed E-state index contributed by atoms with van der Waals surface area (Å²) < 4.78 is 5.06. The lowest BCUT2D eigenvalue weighted by Gasteiger charge is -2.24. The van der Waals surface area contributed by atoms with Crippen LogP contribution in [0, 0.1) is 13.8 Å². The number of likely N-dealkylation sites (tertiary alicyclic amines) is 1. The predicted molar refractivity (Wildman–Crippen MR) is 122 cm³/mol. The Kier molecular flexibility index (Phi) is 8.28. The molecule has 1 saturated heterocycles. The van der Waals surface area contributed by atoms with E-state index >= 15 is 0 Å². The molecule has 3 rings (SSSR count). The summed E-state index contributed by atoms with van der Waals surface area (Å²) in [6.45, 7) is 7.55. The van der Waals surface area contributed by atoms with Crippen LogP contribution in [-0.2, 0) is 22.6 Å². The van der Waals surface area contributed by atoms with Crippen LogP contribution >= 0.6 is 11.6 Å². The van der Waals surface area contributed by atoms with Crippen LogP contribution in [0.25, 0.3) is 0 Å². The van der Waals surface area contributed by atoms with Crippen molar-refractivity contribution >= 4 is 17.5 Å². The van der Waals surface area contributed by atoms with Crippen molar-refractivity contribution in [3.8, 4) is 0 Å². The second-order valence-electron chi connectivity index (χ2n) is 8.06. The average molecular weight is 430 g/mol. The van der Waals surface area contributed by atoms with E-state index in [0.717, 1.165) is 30.1 Å². The minimum Gasteiger partial charge on any atom is -0.383 e. The highest BCUT2D eigenvalue weighted by Crippen LogP contribution is 2.25. The third-order valence-electron chi connectivity index (χ3n) is 5.73. The smallest absolute Gasteiger partial charge is 0.237 e. The van der Waals surface area contributed by atoms with Crippen molar-refractivity contribution in [3.63, 3.8) is 0 Å². The SMILES string of the molecule is COCCNC(=O)[C@@H]1C[C@H](NCc2cc(C)ccc2C)CN1Cc1ccccc1Cl. The summed E-state index contributed by atoms with van der Waals surface area (Å²) in [5.41, 5.74) is 4.90. The summed E-state index contributed by atoms with van der Waals surface area (Å²) in [5, 5.41) is 7.41. The van der Waals surface area contributed by atoms with Crippen molar-refractivity contribution in [2.24, 2.45) is 0 Å². The quantitative estimate of drug-likeness (QED) is 0.599. The number of benzene rings is 2. The average Bonchev–Trinajstić information content (AvgIpc) is 3.13. The van der Waals surface area contributed by atoms with Gasteiger partial charge in [-0.05, 0) is 43.0 Å². The molecule has 1 amide bonds. The van der Waals surface area contributed by atoms with Crippen LogP contribution in [0.1, 0.15) is 28.7 Å². The molecule has 2 aromatic carbocycles. The molecule has 0 saturated carbocycles. The van der Waals surface area contributed by atoms with Crippen molar-refractivity contribution in [1.82, 2.24) is 15.5 Å². The maximum Gasteiger partial charge on any atom is 0.237 e. The minimum atomic E-state index is -0.186. The predicted octanol–water partition coefficient (Wildman–Crippen LogP) is 3.45. The standard InChI is InChI=1S/C24H32ClN3O2/c1-17-8-9-18(2)20(12-17)14-27-21-13-23(24(29)26-10-11-30-3)28(16-21)15-19-6-4-5-7-22(19)25/h4-9,12,21,23,27H,10-11,13-16H2,1-3H3,(H,26,29)/t21-,23-/m0/s1. The number of nitrogens with one attached hydrogen (secondary N) is 2. The molecule has 0 aromatic heterocycles. The molecule has 1 aliphatic rings. The first-order valence-corrected chi connectivity index (χ1v) is 10.9. The van der Waals surface area contributed by atoms with Gasteiger partial charge >= 0.3 is 0 Å². The van der Waals surface area contributed by atoms with E-state index in [1.54, 1.807) is 7.11 Å². The highest BCUT2D eigenvalue weighted by atomic mass is 35.5. The zero-order chi connectivity index (χ0) is 21.5. The lowest BCUT2D eigenvalue weighted by Crippen LogP contribution is -2.43. The fourth-order valence-corrected chi connectivity index (χ4v) is 4.18. The van der Waals surface area contributed by atoms with Crippen molar-refractivity contribution in [1.29, 1.82) is 0 Å². The molecule has 2 aromatic rings. The summed E-state index contributed by atoms with van der Waals surface area (Å²) in [7, 11) is 1.64. The second-order valence-corrected chi connectivity index (χ2v) is 8.47. The first-order valence-electron chi connectivity index (χ1n) is 10.5. The van der Waals surface area contributed by atoms with Gasteiger partial charge in [-0.1, -0.05) is 53.6 Å². The van der Waals surface area contributed by atoms with Gasteiger partial charge in [0.1, 0.15) is 0 Å². The van der Waals surface area contributed by atoms with Crippen LogP contribution in [0.2, 0.25) is 5.02 Å². The molecular formula is C24H32ClN3O2. The Balaban J connectivity index is 1.68. The molecule has 1 fully saturated rings. The minimum absolute atomic E-state index is 0.0511. The summed E-state index contributed by atoms with van der Waals surface area (Å²) in [6.07, 6.45) is 0.772. The summed E-state index contributed by atoms with van der Waals surface area (Å²) in [4.78, 5) is 15.1. The van der Waals surface area contributed by atoms with E-state index in [9.17, 15) is 4.79 Å². The Morgan fingerprint density at radius 1 is 1.20 bits per heavy atom. The number of amides is 1. The number of methoxy groups -OCH3 is 1. The molecule has 2 atom stereocenters. The number of nitrogens with zero attached hydrogens (tertiary/aromatic N) is 1. The maximum atomic E-state index is 12.9. The molecule has 5 nitrogen and oxygen atoms in total. The maximum absolute atomic E-state index is 12.9. The fourth-order valence-electron chi connectivity index (χ4n) is 3.98. The zero-order valence-electron chi connectivity index (χ0n) is 18.1. The summed E-state index contributed by atoms with van der Waals surface area (Å²) >= 11 is 6.38. The van der Waals surface area contributed by atoms with E-state index in [0.29, 0.717) is 19.7 Å². The Bertz CT molecular complexity index is 858. The van der Waals surface area contributed by atoms with E-state index in [1.807, 2.05) is 24.3 Å². The van der Waals surface area contributed by atoms with Crippen molar-refractivity contribution in [2.45, 2.75) is 45.4 Å². The van der Waals surface area contributed by atoms with Crippen LogP contribution in [0.15, 0.2) is 42.5 Å². The second kappa shape index (κ2) is 10.9. The molecule has 0 unspecified atom stereocenters. The van der Waals surface area contributed by atoms with Crippen LogP contribution in [0.5, 0.6) is 0 Å². The topological polar surface area (TPSA) is 53.6 Å². The first kappa shape index (κ1) is 22.8. The van der Waals surface area contributed by atoms with Gasteiger partial charge in [-0.3, -0.25) is 9.69 Å². The van der Waals surface area contributed by atoms with Crippen molar-refractivity contribution in [3.05, 3.63) is 69.7 Å². The number of carbonyl (C=O) groups excluding carboxylic acids is 1. The number of aryl methyl sites for hydroxylation is 2. The summed E-state index contributed by atoms with van der Waals surface area (Å²) in [5.74, 6) is 0.0511. The van der Waals surface area contributed by atoms with Crippen LogP contribution in [-0.4, -0.2) is 49.7 Å². The Morgan fingerprint density at radius 3 is 2.77 bits per heavy atom. The highest BCUT2D eigenvalue weighted by Gasteiger charge is 2.36. The number of ether oxygens (including phenoxy) is 1. The van der Waals surface area contributed by atoms with Crippen LogP contribution < -0.4 is 10.6 Å². The van der Waals surface area contributed by atoms with Crippen molar-refractivity contribution < 1.29 is 9.53 Å². The van der Waals surface area contributed by atoms with Crippen molar-refractivity contribution in [2.75, 3.05) is 26.8 Å². The van der Waals surface area contributed by atoms with Gasteiger partial charge in [-0.2, -0.15) is 0 Å². The molecule has 0 radical (unpaired) electrons. The molecule has 162 valence electrons. The van der Waals surface area contributed by atoms with Gasteiger partial charge in [0, 0.05) is 44.4 Å². The number of hydrogen-bond acceptors (Lipinski definition) is 4. The third-order valence-corrected chi connectivity index (χ3v) is 6.10. The molecular weight excluding hydrogens is 398 g/mol. The van der Waals surface area contributed by atoms with Gasteiger partial charge in [0.05, 0.1) is 12.6 Å². The first-order chi connectivity index (χ1) is 14.5. The van der Waals surface area contributed by atoms with E-state index in [-0.39, 0.29) is 18.0 Å². The Morgan fingerprint density at radius 2 is 2.00 bits per heavy atom. The van der Waals surface area contributed by atoms with Crippen LogP contribution in [0.4, 0.5) is 0 Å². The van der Waals surface area contributed by atoms with Gasteiger partial charge in [-0.25, -0.2) is 0 Å². The van der Waals surface area contributed by atoms with Gasteiger partial charge in [0.25, 0.3) is 0 Å². The fraction of sp³-hybridized carbons (Fsp3) is 0.458. The lowest BCUT2D eigenvalue weighted by molar-refractivity contribution is -0.125. The van der Waals surface area contributed by atoms with E-state index in [4.69, 9.17) is 16.3 Å². The van der Waals surface area contributed by atoms with Gasteiger partial charge in [-0.15, -0.1) is 0 Å². The molecule has 6 heteroatoms. The number of hydrogen-bond donors (Lipinski definition) is 2. The normalized spacial score (nSPS) is 19.2. The lowest BCUT2D eigenvalue weighted by atomic mass is 10.0. The van der Waals surface area contributed by atoms with Gasteiger partial charge in [0.15, 0.2) is 0 Å². The van der Waals surface area contributed by atoms with E-state index < -0.39 is 0 Å². The molecule has 0 bridgehead atoms. The third kappa shape index (κ3) is 6.05. The number of halogens is 1. The van der Waals surface area contributed by atoms with Crippen LogP contribution in [0.3, 0.4) is 0 Å². The molecule has 1 aliphatic heterocycles. The van der Waals surface area contributed by atoms with E-state index in [1.165, 1.54) is 16.7 Å². The highest BCUT2D eigenvalue weighted by molar-refractivity contribution is 6.31. The molecule has 30 heavy (non-hydrogen) atoms. The number of carbonyl (C=O) groups is 1. The number of rotatable bonds is 9. The Labute approximate surface area is 184 Å². The Hall–Kier alpha value is -1.92. The molecule has 0 spiro atoms. The van der Waals surface area contributed by atoms with E-state index in [2.05, 4.69) is 47.6 Å². The zero-order valence-corrected chi connectivity index (χ0v) is 18.8. The monoisotopic (exact) mass is 429 g/mol. The molecule has 2 N–H and O–H groups in total. The molecule has 1 heterocycles. The van der Waals surface area contributed by atoms with Gasteiger partial charge in [0.2, 0.25) is 5.91 Å². The summed E-state index contributed by atoms with van der Waals surface area (Å²) in [6, 6.07) is 14.4. The molecule has 0 aliphatic carbocycles. The largest absolute Gasteiger partial charge is 0.383 e.